The molecule has 11 heteroatoms. The van der Waals surface area contributed by atoms with Crippen molar-refractivity contribution in [3.63, 3.8) is 0 Å². The maximum atomic E-state index is 14.2. The van der Waals surface area contributed by atoms with Gasteiger partial charge in [-0.15, -0.1) is 0 Å². The fourth-order valence-electron chi connectivity index (χ4n) is 7.35. The van der Waals surface area contributed by atoms with Gasteiger partial charge in [-0.05, 0) is 48.9 Å². The smallest absolute Gasteiger partial charge is 0.255 e. The number of ketones is 2. The number of nitrogens with two attached hydrogens (primary N) is 1. The number of phenolic OH excluding ortho intramolecular Hbond substituents is 1. The zero-order valence-electron chi connectivity index (χ0n) is 24.3. The lowest BCUT2D eigenvalue weighted by atomic mass is 9.54. The van der Waals surface area contributed by atoms with Gasteiger partial charge >= 0.3 is 0 Å². The molecule has 0 unspecified atom stereocenters. The van der Waals surface area contributed by atoms with Gasteiger partial charge in [0.2, 0.25) is 5.78 Å². The van der Waals surface area contributed by atoms with E-state index in [-0.39, 0.29) is 17.0 Å². The summed E-state index contributed by atoms with van der Waals surface area (Å²) in [7, 11) is 2.93. The van der Waals surface area contributed by atoms with Crippen LogP contribution in [0, 0.1) is 11.8 Å². The summed E-state index contributed by atoms with van der Waals surface area (Å²) in [5, 5.41) is 60.8. The van der Waals surface area contributed by atoms with Crippen LogP contribution in [-0.2, 0) is 14.4 Å². The van der Waals surface area contributed by atoms with Crippen molar-refractivity contribution in [1.82, 2.24) is 4.90 Å². The van der Waals surface area contributed by atoms with Gasteiger partial charge < -0.3 is 36.6 Å². The highest BCUT2D eigenvalue weighted by Crippen LogP contribution is 2.56. The van der Waals surface area contributed by atoms with E-state index in [0.29, 0.717) is 12.0 Å². The number of allylic oxidation sites excluding steroid dienone is 3. The number of anilines is 1. The number of fused-ring (bicyclic) bond motifs is 3. The fraction of sp³-hybridized carbons (Fsp3) is 0.303. The maximum absolute atomic E-state index is 14.2. The monoisotopic (exact) mass is 599 g/mol. The normalized spacial score (nSPS) is 29.6. The Balaban J connectivity index is 1.43. The zero-order valence-corrected chi connectivity index (χ0v) is 24.3. The third-order valence-corrected chi connectivity index (χ3v) is 9.44. The van der Waals surface area contributed by atoms with Crippen LogP contribution in [0.5, 0.6) is 5.75 Å². The Hall–Kier alpha value is -4.71. The maximum Gasteiger partial charge on any atom is 0.255 e. The first kappa shape index (κ1) is 29.4. The van der Waals surface area contributed by atoms with Gasteiger partial charge in [-0.3, -0.25) is 19.3 Å². The topological polar surface area (TPSA) is 194 Å². The third-order valence-electron chi connectivity index (χ3n) is 9.44. The van der Waals surface area contributed by atoms with Crippen molar-refractivity contribution < 1.29 is 39.9 Å². The van der Waals surface area contributed by atoms with Gasteiger partial charge in [0.15, 0.2) is 11.4 Å². The van der Waals surface area contributed by atoms with Crippen LogP contribution in [0.25, 0.3) is 11.3 Å². The Morgan fingerprint density at radius 1 is 1.05 bits per heavy atom. The number of Topliss-reactive ketones (excluding diaryl/α,β-unsaturated/α-hetero) is 2. The second-order valence-electron chi connectivity index (χ2n) is 12.0. The molecule has 1 saturated carbocycles. The van der Waals surface area contributed by atoms with E-state index in [1.807, 2.05) is 42.5 Å². The number of hydrogen-bond donors (Lipinski definition) is 7. The summed E-state index contributed by atoms with van der Waals surface area (Å²) >= 11 is 0. The number of nitrogens with one attached hydrogen (secondary N) is 1. The first-order valence-corrected chi connectivity index (χ1v) is 14.2. The lowest BCUT2D eigenvalue weighted by molar-refractivity contribution is -0.169. The molecule has 44 heavy (non-hydrogen) atoms. The minimum atomic E-state index is -2.96. The van der Waals surface area contributed by atoms with E-state index < -0.39 is 75.6 Å². The average molecular weight is 600 g/mol. The minimum Gasteiger partial charge on any atom is -0.508 e. The highest BCUT2D eigenvalue weighted by Gasteiger charge is 2.68. The molecule has 228 valence electrons. The van der Waals surface area contributed by atoms with Gasteiger partial charge in [0.1, 0.15) is 22.8 Å². The number of hydrogen-bond acceptors (Lipinski definition) is 10. The van der Waals surface area contributed by atoms with Gasteiger partial charge in [-0.25, -0.2) is 0 Å². The quantitative estimate of drug-likeness (QED) is 0.198. The average Bonchev–Trinajstić information content (AvgIpc) is 3.45. The van der Waals surface area contributed by atoms with E-state index in [0.717, 1.165) is 16.8 Å². The van der Waals surface area contributed by atoms with Gasteiger partial charge in [-0.1, -0.05) is 49.4 Å². The molecule has 4 aliphatic rings. The molecule has 0 spiro atoms. The first-order valence-electron chi connectivity index (χ1n) is 14.2. The third kappa shape index (κ3) is 3.97. The number of likely N-dealkylation sites (N-methyl/N-ethyl adjacent to an activating group) is 1. The molecular formula is C33H33N3O8. The predicted molar refractivity (Wildman–Crippen MR) is 161 cm³/mol. The number of carbonyl (C=O) groups is 3. The number of carbonyl (C=O) groups excluding carboxylic acids is 3. The van der Waals surface area contributed by atoms with Gasteiger partial charge in [-0.2, -0.15) is 0 Å². The van der Waals surface area contributed by atoms with Crippen molar-refractivity contribution in [3.05, 3.63) is 93.9 Å². The summed E-state index contributed by atoms with van der Waals surface area (Å²) in [5.74, 6) is -9.20. The van der Waals surface area contributed by atoms with Crippen molar-refractivity contribution in [1.29, 1.82) is 0 Å². The number of aliphatic hydroxyl groups is 4. The number of phenols is 1. The molecule has 6 atom stereocenters. The van der Waals surface area contributed by atoms with E-state index in [1.165, 1.54) is 19.0 Å². The molecular weight excluding hydrogens is 566 g/mol. The van der Waals surface area contributed by atoms with E-state index >= 15 is 0 Å². The Morgan fingerprint density at radius 3 is 2.36 bits per heavy atom. The molecule has 0 heterocycles. The number of rotatable bonds is 5. The summed E-state index contributed by atoms with van der Waals surface area (Å²) in [4.78, 5) is 41.0. The molecule has 2 aromatic carbocycles. The minimum absolute atomic E-state index is 0.0687. The number of aliphatic hydroxyl groups excluding tert-OH is 3. The van der Waals surface area contributed by atoms with Gasteiger partial charge in [0.05, 0.1) is 29.3 Å². The summed E-state index contributed by atoms with van der Waals surface area (Å²) < 4.78 is 0. The number of amides is 1. The van der Waals surface area contributed by atoms with Crippen LogP contribution in [0.2, 0.25) is 0 Å². The van der Waals surface area contributed by atoms with Crippen molar-refractivity contribution in [2.24, 2.45) is 17.6 Å². The molecule has 4 aliphatic carbocycles. The molecule has 8 N–H and O–H groups in total. The lowest BCUT2D eigenvalue weighted by Gasteiger charge is -2.53. The molecule has 0 radical (unpaired) electrons. The van der Waals surface area contributed by atoms with Crippen LogP contribution in [-0.4, -0.2) is 79.7 Å². The van der Waals surface area contributed by atoms with E-state index in [4.69, 9.17) is 5.73 Å². The largest absolute Gasteiger partial charge is 0.508 e. The van der Waals surface area contributed by atoms with Crippen LogP contribution in [0.4, 0.5) is 5.69 Å². The Bertz CT molecular complexity index is 1760. The highest BCUT2D eigenvalue weighted by atomic mass is 16.4. The van der Waals surface area contributed by atoms with Crippen LogP contribution < -0.4 is 11.1 Å². The van der Waals surface area contributed by atoms with E-state index in [1.54, 1.807) is 19.1 Å². The fourth-order valence-corrected chi connectivity index (χ4v) is 7.35. The second kappa shape index (κ2) is 10.2. The molecule has 0 aliphatic heterocycles. The highest BCUT2D eigenvalue weighted by molar-refractivity contribution is 6.24. The SMILES string of the molecule is C[C@H]1c2ccc(NC3=CC=C(c4ccccc4)C3)c(O)c2C(O)=C2C(=O)[C@]3(O)C(O)=C(C(N)=O)C(=O)[C@@H](N(C)C)[C@@H]3[C@@H](O)[C@@H]21. The van der Waals surface area contributed by atoms with Crippen molar-refractivity contribution in [2.75, 3.05) is 19.4 Å². The van der Waals surface area contributed by atoms with Crippen molar-refractivity contribution in [2.45, 2.75) is 37.0 Å². The van der Waals surface area contributed by atoms with Gasteiger partial charge in [0, 0.05) is 23.6 Å². The molecule has 6 rings (SSSR count). The van der Waals surface area contributed by atoms with Crippen LogP contribution in [0.15, 0.2) is 77.2 Å². The Morgan fingerprint density at radius 2 is 1.73 bits per heavy atom. The lowest BCUT2D eigenvalue weighted by Crippen LogP contribution is -2.70. The first-order chi connectivity index (χ1) is 20.8. The Labute approximate surface area is 252 Å². The number of benzene rings is 2. The number of aromatic hydroxyl groups is 1. The second-order valence-corrected chi connectivity index (χ2v) is 12.0. The molecule has 0 aromatic heterocycles. The van der Waals surface area contributed by atoms with Crippen molar-refractivity contribution >= 4 is 34.5 Å². The molecule has 2 aromatic rings. The summed E-state index contributed by atoms with van der Waals surface area (Å²) in [6.45, 7) is 1.69. The standard InChI is InChI=1S/C33H33N3O8/c1-14-18-11-12-19(35-17-10-9-16(13-17)15-7-5-4-6-8-15)26(37)21(18)27(38)22-20(14)28(39)24-25(36(2)3)29(40)23(32(34)43)31(42)33(24,44)30(22)41/h4-12,14,20,24-25,28,35,37-39,42,44H,13H2,1-3H3,(H2,34,43)/t14-,20+,24+,25-,28-,33-/m0/s1. The van der Waals surface area contributed by atoms with Crippen molar-refractivity contribution in [3.8, 4) is 5.75 Å². The summed E-state index contributed by atoms with van der Waals surface area (Å²) in [5.41, 5.74) is 4.56. The van der Waals surface area contributed by atoms with Crippen LogP contribution in [0.3, 0.4) is 0 Å². The zero-order chi connectivity index (χ0) is 31.8. The van der Waals surface area contributed by atoms with Crippen LogP contribution >= 0.6 is 0 Å². The van der Waals surface area contributed by atoms with Crippen LogP contribution in [0.1, 0.15) is 36.0 Å². The van der Waals surface area contributed by atoms with E-state index in [2.05, 4.69) is 5.32 Å². The predicted octanol–water partition coefficient (Wildman–Crippen LogP) is 2.28. The van der Waals surface area contributed by atoms with E-state index in [9.17, 15) is 39.9 Å². The molecule has 1 fully saturated rings. The number of primary amides is 1. The molecule has 0 saturated heterocycles. The molecule has 1 amide bonds. The molecule has 11 nitrogen and oxygen atoms in total. The number of nitrogens with zero attached hydrogens (tertiary/aromatic N) is 1. The summed E-state index contributed by atoms with van der Waals surface area (Å²) in [6, 6.07) is 11.7. The van der Waals surface area contributed by atoms with Gasteiger partial charge in [0.25, 0.3) is 5.91 Å². The summed E-state index contributed by atoms with van der Waals surface area (Å²) in [6.07, 6.45) is 2.77. The Kier molecular flexibility index (Phi) is 6.80. The molecule has 0 bridgehead atoms.